The molecule has 1 saturated heterocycles. The van der Waals surface area contributed by atoms with Crippen molar-refractivity contribution in [1.82, 2.24) is 4.31 Å². The van der Waals surface area contributed by atoms with Gasteiger partial charge in [-0.1, -0.05) is 42.3 Å². The summed E-state index contributed by atoms with van der Waals surface area (Å²) in [6, 6.07) is 18.5. The number of nitrogens with one attached hydrogen (secondary N) is 1. The van der Waals surface area contributed by atoms with Crippen molar-refractivity contribution in [3.63, 3.8) is 0 Å². The lowest BCUT2D eigenvalue weighted by Gasteiger charge is -2.26. The molecule has 0 aliphatic carbocycles. The van der Waals surface area contributed by atoms with Gasteiger partial charge in [-0.25, -0.2) is 16.8 Å². The predicted molar refractivity (Wildman–Crippen MR) is 145 cm³/mol. The Kier molecular flexibility index (Phi) is 8.23. The summed E-state index contributed by atoms with van der Waals surface area (Å²) in [7, 11) is -7.68. The predicted octanol–water partition coefficient (Wildman–Crippen LogP) is 4.66. The number of carbonyl (C=O) groups is 1. The maximum absolute atomic E-state index is 13.5. The molecule has 1 fully saturated rings. The number of amides is 1. The van der Waals surface area contributed by atoms with Gasteiger partial charge < -0.3 is 5.32 Å². The van der Waals surface area contributed by atoms with Gasteiger partial charge in [0.1, 0.15) is 6.54 Å². The molecule has 1 heterocycles. The summed E-state index contributed by atoms with van der Waals surface area (Å²) < 4.78 is 55.1. The van der Waals surface area contributed by atoms with E-state index in [1.807, 2.05) is 0 Å². The summed E-state index contributed by atoms with van der Waals surface area (Å²) in [5.74, 6) is -0.595. The largest absolute Gasteiger partial charge is 0.325 e. The Bertz CT molecular complexity index is 1470. The van der Waals surface area contributed by atoms with Crippen molar-refractivity contribution in [2.24, 2.45) is 0 Å². The SMILES string of the molecule is Cc1ccc(N(CC(=O)Nc2ccc(S(=O)(=O)N3CCCCC3)cc2)S(=O)(=O)c2ccccc2)cc1Cl. The number of rotatable bonds is 8. The number of hydrogen-bond donors (Lipinski definition) is 1. The normalized spacial score (nSPS) is 14.8. The van der Waals surface area contributed by atoms with Gasteiger partial charge in [0.2, 0.25) is 15.9 Å². The average molecular weight is 562 g/mol. The molecule has 8 nitrogen and oxygen atoms in total. The highest BCUT2D eigenvalue weighted by atomic mass is 35.5. The van der Waals surface area contributed by atoms with E-state index in [1.165, 1.54) is 46.8 Å². The second-order valence-electron chi connectivity index (χ2n) is 8.80. The maximum Gasteiger partial charge on any atom is 0.264 e. The molecule has 11 heteroatoms. The van der Waals surface area contributed by atoms with Crippen molar-refractivity contribution in [3.05, 3.63) is 83.4 Å². The Hall–Kier alpha value is -2.92. The molecule has 0 radical (unpaired) electrons. The third-order valence-electron chi connectivity index (χ3n) is 6.15. The Morgan fingerprint density at radius 3 is 2.16 bits per heavy atom. The lowest BCUT2D eigenvalue weighted by molar-refractivity contribution is -0.114. The number of nitrogens with zero attached hydrogens (tertiary/aromatic N) is 2. The van der Waals surface area contributed by atoms with E-state index in [9.17, 15) is 21.6 Å². The molecular formula is C26H28ClN3O5S2. The van der Waals surface area contributed by atoms with E-state index >= 15 is 0 Å². The van der Waals surface area contributed by atoms with E-state index < -0.39 is 32.5 Å². The van der Waals surface area contributed by atoms with Gasteiger partial charge in [-0.05, 0) is 73.9 Å². The van der Waals surface area contributed by atoms with Gasteiger partial charge in [-0.15, -0.1) is 0 Å². The molecule has 0 unspecified atom stereocenters. The maximum atomic E-state index is 13.5. The van der Waals surface area contributed by atoms with Gasteiger partial charge in [-0.2, -0.15) is 4.31 Å². The topological polar surface area (TPSA) is 104 Å². The van der Waals surface area contributed by atoms with Crippen molar-refractivity contribution in [1.29, 1.82) is 0 Å². The van der Waals surface area contributed by atoms with Crippen LogP contribution in [0.4, 0.5) is 11.4 Å². The average Bonchev–Trinajstić information content (AvgIpc) is 2.90. The first-order valence-electron chi connectivity index (χ1n) is 11.8. The highest BCUT2D eigenvalue weighted by Gasteiger charge is 2.28. The van der Waals surface area contributed by atoms with Crippen molar-refractivity contribution in [2.75, 3.05) is 29.3 Å². The van der Waals surface area contributed by atoms with Crippen LogP contribution in [-0.4, -0.2) is 46.7 Å². The van der Waals surface area contributed by atoms with E-state index in [0.29, 0.717) is 23.8 Å². The molecule has 0 bridgehead atoms. The number of hydrogen-bond acceptors (Lipinski definition) is 5. The van der Waals surface area contributed by atoms with Crippen LogP contribution >= 0.6 is 11.6 Å². The molecule has 3 aromatic carbocycles. The molecule has 1 aliphatic heterocycles. The minimum Gasteiger partial charge on any atom is -0.325 e. The van der Waals surface area contributed by atoms with E-state index in [-0.39, 0.29) is 15.5 Å². The zero-order chi connectivity index (χ0) is 26.6. The first kappa shape index (κ1) is 27.1. The second-order valence-corrected chi connectivity index (χ2v) is 13.0. The number of aryl methyl sites for hydroxylation is 1. The van der Waals surface area contributed by atoms with Gasteiger partial charge in [0.05, 0.1) is 15.5 Å². The van der Waals surface area contributed by atoms with Crippen LogP contribution in [0, 0.1) is 6.92 Å². The van der Waals surface area contributed by atoms with Crippen molar-refractivity contribution >= 4 is 48.9 Å². The lowest BCUT2D eigenvalue weighted by Crippen LogP contribution is -2.38. The molecule has 0 aromatic heterocycles. The molecule has 37 heavy (non-hydrogen) atoms. The van der Waals surface area contributed by atoms with Gasteiger partial charge in [0, 0.05) is 23.8 Å². The first-order valence-corrected chi connectivity index (χ1v) is 15.1. The van der Waals surface area contributed by atoms with Gasteiger partial charge in [0.15, 0.2) is 0 Å². The summed E-state index contributed by atoms with van der Waals surface area (Å²) in [5, 5.41) is 3.04. The fourth-order valence-electron chi connectivity index (χ4n) is 4.07. The fourth-order valence-corrected chi connectivity index (χ4v) is 7.19. The Morgan fingerprint density at radius 1 is 0.892 bits per heavy atom. The van der Waals surface area contributed by atoms with Crippen LogP contribution in [0.3, 0.4) is 0 Å². The third kappa shape index (κ3) is 6.15. The highest BCUT2D eigenvalue weighted by Crippen LogP contribution is 2.28. The number of benzene rings is 3. The Morgan fingerprint density at radius 2 is 1.54 bits per heavy atom. The highest BCUT2D eigenvalue weighted by molar-refractivity contribution is 7.92. The summed E-state index contributed by atoms with van der Waals surface area (Å²) in [4.78, 5) is 13.2. The minimum absolute atomic E-state index is 0.0340. The molecular weight excluding hydrogens is 534 g/mol. The van der Waals surface area contributed by atoms with Crippen LogP contribution in [0.25, 0.3) is 0 Å². The number of sulfonamides is 2. The summed E-state index contributed by atoms with van der Waals surface area (Å²) in [6.45, 7) is 2.28. The second kappa shape index (κ2) is 11.2. The molecule has 0 atom stereocenters. The van der Waals surface area contributed by atoms with Gasteiger partial charge >= 0.3 is 0 Å². The molecule has 1 N–H and O–H groups in total. The summed E-state index contributed by atoms with van der Waals surface area (Å²) >= 11 is 6.25. The van der Waals surface area contributed by atoms with E-state index in [1.54, 1.807) is 37.3 Å². The van der Waals surface area contributed by atoms with Crippen molar-refractivity contribution in [3.8, 4) is 0 Å². The lowest BCUT2D eigenvalue weighted by atomic mass is 10.2. The smallest absolute Gasteiger partial charge is 0.264 e. The van der Waals surface area contributed by atoms with Crippen LogP contribution in [0.2, 0.25) is 5.02 Å². The van der Waals surface area contributed by atoms with Crippen LogP contribution in [0.15, 0.2) is 82.6 Å². The van der Waals surface area contributed by atoms with Crippen molar-refractivity contribution < 1.29 is 21.6 Å². The van der Waals surface area contributed by atoms with E-state index in [4.69, 9.17) is 11.6 Å². The number of anilines is 2. The third-order valence-corrected chi connectivity index (χ3v) is 10.3. The number of piperidine rings is 1. The standard InChI is InChI=1S/C26H28ClN3O5S2/c1-20-10-13-22(18-25(20)27)30(37(34,35)23-8-4-2-5-9-23)19-26(31)28-21-11-14-24(15-12-21)36(32,33)29-16-6-3-7-17-29/h2,4-5,8-15,18H,3,6-7,16-17,19H2,1H3,(H,28,31). The van der Waals surface area contributed by atoms with Gasteiger partial charge in [-0.3, -0.25) is 9.10 Å². The number of carbonyl (C=O) groups excluding carboxylic acids is 1. The molecule has 196 valence electrons. The zero-order valence-electron chi connectivity index (χ0n) is 20.3. The molecule has 1 aliphatic rings. The van der Waals surface area contributed by atoms with E-state index in [0.717, 1.165) is 29.1 Å². The summed E-state index contributed by atoms with van der Waals surface area (Å²) in [6.07, 6.45) is 2.69. The number of halogens is 1. The molecule has 0 spiro atoms. The Balaban J connectivity index is 1.55. The molecule has 0 saturated carbocycles. The fraction of sp³-hybridized carbons (Fsp3) is 0.269. The molecule has 4 rings (SSSR count). The van der Waals surface area contributed by atoms with Crippen LogP contribution in [0.5, 0.6) is 0 Å². The van der Waals surface area contributed by atoms with Crippen LogP contribution in [-0.2, 0) is 24.8 Å². The monoisotopic (exact) mass is 561 g/mol. The molecule has 3 aromatic rings. The van der Waals surface area contributed by atoms with Crippen LogP contribution in [0.1, 0.15) is 24.8 Å². The molecule has 1 amide bonds. The Labute approximate surface area is 223 Å². The zero-order valence-corrected chi connectivity index (χ0v) is 22.7. The minimum atomic E-state index is -4.08. The first-order chi connectivity index (χ1) is 17.6. The summed E-state index contributed by atoms with van der Waals surface area (Å²) in [5.41, 5.74) is 1.37. The van der Waals surface area contributed by atoms with Gasteiger partial charge in [0.25, 0.3) is 10.0 Å². The van der Waals surface area contributed by atoms with E-state index in [2.05, 4.69) is 5.32 Å². The van der Waals surface area contributed by atoms with Crippen molar-refractivity contribution in [2.45, 2.75) is 36.0 Å². The van der Waals surface area contributed by atoms with Crippen LogP contribution < -0.4 is 9.62 Å². The quantitative estimate of drug-likeness (QED) is 0.431.